The van der Waals surface area contributed by atoms with Crippen molar-refractivity contribution in [3.63, 3.8) is 0 Å². The molecule has 2 aromatic carbocycles. The summed E-state index contributed by atoms with van der Waals surface area (Å²) in [4.78, 5) is 0. The first-order chi connectivity index (χ1) is 10.1. The van der Waals surface area contributed by atoms with Gasteiger partial charge in [0.25, 0.3) is 0 Å². The van der Waals surface area contributed by atoms with Gasteiger partial charge >= 0.3 is 0 Å². The Morgan fingerprint density at radius 1 is 1.19 bits per heavy atom. The Balaban J connectivity index is 2.58. The van der Waals surface area contributed by atoms with E-state index in [4.69, 9.17) is 4.74 Å². The van der Waals surface area contributed by atoms with E-state index in [0.717, 1.165) is 11.1 Å². The highest BCUT2D eigenvalue weighted by Gasteiger charge is 2.23. The molecule has 0 bridgehead atoms. The number of ether oxygens (including phenoxy) is 1. The second-order valence-corrected chi connectivity index (χ2v) is 4.85. The van der Waals surface area contributed by atoms with Crippen molar-refractivity contribution in [1.29, 1.82) is 0 Å². The topological polar surface area (TPSA) is 21.3 Å². The van der Waals surface area contributed by atoms with Gasteiger partial charge in [-0.05, 0) is 48.9 Å². The average Bonchev–Trinajstić information content (AvgIpc) is 2.45. The van der Waals surface area contributed by atoms with E-state index in [1.165, 1.54) is 25.3 Å². The SMILES string of the molecule is CCNC(c1ccc(F)cc1C)c1c(F)cccc1OC. The summed E-state index contributed by atoms with van der Waals surface area (Å²) < 4.78 is 32.9. The lowest BCUT2D eigenvalue weighted by molar-refractivity contribution is 0.397. The minimum absolute atomic E-state index is 0.299. The summed E-state index contributed by atoms with van der Waals surface area (Å²) in [7, 11) is 1.51. The van der Waals surface area contributed by atoms with Gasteiger partial charge in [-0.1, -0.05) is 19.1 Å². The zero-order valence-corrected chi connectivity index (χ0v) is 12.4. The molecule has 0 aliphatic rings. The van der Waals surface area contributed by atoms with Gasteiger partial charge in [0.05, 0.1) is 18.7 Å². The number of rotatable bonds is 5. The molecule has 0 fully saturated rings. The molecule has 0 amide bonds. The third kappa shape index (κ3) is 3.22. The second-order valence-electron chi connectivity index (χ2n) is 4.85. The van der Waals surface area contributed by atoms with Crippen LogP contribution in [0.2, 0.25) is 0 Å². The number of halogens is 2. The molecule has 1 atom stereocenters. The van der Waals surface area contributed by atoms with E-state index in [2.05, 4.69) is 5.32 Å². The van der Waals surface area contributed by atoms with Crippen LogP contribution in [0.15, 0.2) is 36.4 Å². The van der Waals surface area contributed by atoms with Crippen LogP contribution in [0.4, 0.5) is 8.78 Å². The summed E-state index contributed by atoms with van der Waals surface area (Å²) in [5.74, 6) is -0.166. The van der Waals surface area contributed by atoms with Crippen molar-refractivity contribution in [2.45, 2.75) is 19.9 Å². The smallest absolute Gasteiger partial charge is 0.132 e. The molecule has 0 aliphatic heterocycles. The molecule has 4 heteroatoms. The van der Waals surface area contributed by atoms with Crippen molar-refractivity contribution >= 4 is 0 Å². The number of hydrogen-bond donors (Lipinski definition) is 1. The number of methoxy groups -OCH3 is 1. The van der Waals surface area contributed by atoms with Crippen LogP contribution < -0.4 is 10.1 Å². The van der Waals surface area contributed by atoms with Gasteiger partial charge in [0.2, 0.25) is 0 Å². The molecule has 112 valence electrons. The molecule has 21 heavy (non-hydrogen) atoms. The molecule has 1 N–H and O–H groups in total. The summed E-state index contributed by atoms with van der Waals surface area (Å²) in [6.07, 6.45) is 0. The molecule has 2 nitrogen and oxygen atoms in total. The van der Waals surface area contributed by atoms with Crippen molar-refractivity contribution in [2.24, 2.45) is 0 Å². The minimum atomic E-state index is -0.383. The van der Waals surface area contributed by atoms with Crippen LogP contribution in [0.25, 0.3) is 0 Å². The number of nitrogens with one attached hydrogen (secondary N) is 1. The maximum Gasteiger partial charge on any atom is 0.132 e. The van der Waals surface area contributed by atoms with Crippen LogP contribution in [-0.4, -0.2) is 13.7 Å². The van der Waals surface area contributed by atoms with Crippen molar-refractivity contribution in [3.05, 3.63) is 64.7 Å². The molecule has 2 aromatic rings. The second kappa shape index (κ2) is 6.68. The predicted molar refractivity (Wildman–Crippen MR) is 79.6 cm³/mol. The van der Waals surface area contributed by atoms with Crippen LogP contribution >= 0.6 is 0 Å². The third-order valence-corrected chi connectivity index (χ3v) is 3.47. The minimum Gasteiger partial charge on any atom is -0.496 e. The Kier molecular flexibility index (Phi) is 4.91. The van der Waals surface area contributed by atoms with E-state index in [9.17, 15) is 8.78 Å². The maximum atomic E-state index is 14.3. The van der Waals surface area contributed by atoms with Gasteiger partial charge in [-0.25, -0.2) is 8.78 Å². The van der Waals surface area contributed by atoms with Crippen LogP contribution in [-0.2, 0) is 0 Å². The first kappa shape index (κ1) is 15.4. The monoisotopic (exact) mass is 291 g/mol. The van der Waals surface area contributed by atoms with Crippen LogP contribution in [0.5, 0.6) is 5.75 Å². The van der Waals surface area contributed by atoms with Crippen molar-refractivity contribution < 1.29 is 13.5 Å². The van der Waals surface area contributed by atoms with Gasteiger partial charge in [-0.15, -0.1) is 0 Å². The summed E-state index contributed by atoms with van der Waals surface area (Å²) in [5.41, 5.74) is 2.05. The summed E-state index contributed by atoms with van der Waals surface area (Å²) in [6, 6.07) is 8.88. The molecule has 0 spiro atoms. The average molecular weight is 291 g/mol. The quantitative estimate of drug-likeness (QED) is 0.899. The fraction of sp³-hybridized carbons (Fsp3) is 0.294. The highest BCUT2D eigenvalue weighted by molar-refractivity contribution is 5.44. The maximum absolute atomic E-state index is 14.3. The van der Waals surface area contributed by atoms with Gasteiger partial charge in [0.1, 0.15) is 17.4 Å². The first-order valence-electron chi connectivity index (χ1n) is 6.90. The fourth-order valence-corrected chi connectivity index (χ4v) is 2.51. The van der Waals surface area contributed by atoms with Gasteiger partial charge in [0.15, 0.2) is 0 Å². The Labute approximate surface area is 123 Å². The Morgan fingerprint density at radius 3 is 2.57 bits per heavy atom. The molecule has 2 rings (SSSR count). The number of hydrogen-bond acceptors (Lipinski definition) is 2. The van der Waals surface area contributed by atoms with E-state index in [1.54, 1.807) is 18.2 Å². The van der Waals surface area contributed by atoms with E-state index >= 15 is 0 Å². The van der Waals surface area contributed by atoms with E-state index < -0.39 is 0 Å². The largest absolute Gasteiger partial charge is 0.496 e. The molecule has 0 aromatic heterocycles. The molecular weight excluding hydrogens is 272 g/mol. The Bertz CT molecular complexity index is 628. The highest BCUT2D eigenvalue weighted by atomic mass is 19.1. The van der Waals surface area contributed by atoms with Crippen LogP contribution in [0.3, 0.4) is 0 Å². The van der Waals surface area contributed by atoms with Gasteiger partial charge in [-0.2, -0.15) is 0 Å². The third-order valence-electron chi connectivity index (χ3n) is 3.47. The standard InChI is InChI=1S/C17H19F2NO/c1-4-20-17(13-9-8-12(18)10-11(13)2)16-14(19)6-5-7-15(16)21-3/h5-10,17,20H,4H2,1-3H3. The number of benzene rings is 2. The molecule has 1 unspecified atom stereocenters. The zero-order valence-electron chi connectivity index (χ0n) is 12.4. The summed E-state index contributed by atoms with van der Waals surface area (Å²) in [6.45, 7) is 4.41. The molecule has 0 saturated carbocycles. The molecule has 0 radical (unpaired) electrons. The molecule has 0 aliphatic carbocycles. The van der Waals surface area contributed by atoms with E-state index in [1.807, 2.05) is 13.8 Å². The fourth-order valence-electron chi connectivity index (χ4n) is 2.51. The lowest BCUT2D eigenvalue weighted by Gasteiger charge is -2.23. The van der Waals surface area contributed by atoms with Crippen LogP contribution in [0, 0.1) is 18.6 Å². The van der Waals surface area contributed by atoms with Crippen molar-refractivity contribution in [1.82, 2.24) is 5.32 Å². The van der Waals surface area contributed by atoms with Gasteiger partial charge in [-0.3, -0.25) is 0 Å². The lowest BCUT2D eigenvalue weighted by Crippen LogP contribution is -2.24. The van der Waals surface area contributed by atoms with Crippen molar-refractivity contribution in [2.75, 3.05) is 13.7 Å². The Hall–Kier alpha value is -1.94. The summed E-state index contributed by atoms with van der Waals surface area (Å²) >= 11 is 0. The molecular formula is C17H19F2NO. The van der Waals surface area contributed by atoms with E-state index in [0.29, 0.717) is 17.9 Å². The van der Waals surface area contributed by atoms with Gasteiger partial charge < -0.3 is 10.1 Å². The Morgan fingerprint density at radius 2 is 1.95 bits per heavy atom. The van der Waals surface area contributed by atoms with Crippen LogP contribution in [0.1, 0.15) is 29.7 Å². The van der Waals surface area contributed by atoms with Gasteiger partial charge in [0, 0.05) is 0 Å². The zero-order chi connectivity index (χ0) is 15.4. The normalized spacial score (nSPS) is 12.2. The molecule has 0 saturated heterocycles. The molecule has 0 heterocycles. The van der Waals surface area contributed by atoms with E-state index in [-0.39, 0.29) is 17.7 Å². The van der Waals surface area contributed by atoms with Crippen molar-refractivity contribution in [3.8, 4) is 5.75 Å². The first-order valence-corrected chi connectivity index (χ1v) is 6.90. The highest BCUT2D eigenvalue weighted by Crippen LogP contribution is 2.33. The summed E-state index contributed by atoms with van der Waals surface area (Å²) in [5, 5.41) is 3.25. The predicted octanol–water partition coefficient (Wildman–Crippen LogP) is 3.98. The lowest BCUT2D eigenvalue weighted by atomic mass is 9.93. The number of aryl methyl sites for hydroxylation is 1.